The lowest BCUT2D eigenvalue weighted by Crippen LogP contribution is -2.04. The van der Waals surface area contributed by atoms with E-state index in [9.17, 15) is 0 Å². The number of hydrogen-bond acceptors (Lipinski definition) is 2. The van der Waals surface area contributed by atoms with Crippen LogP contribution in [-0.2, 0) is 6.54 Å². The summed E-state index contributed by atoms with van der Waals surface area (Å²) in [5.74, 6) is 0.954. The fourth-order valence-corrected chi connectivity index (χ4v) is 2.72. The Morgan fingerprint density at radius 1 is 0.913 bits per heavy atom. The lowest BCUT2D eigenvalue weighted by molar-refractivity contribution is 0.302. The average Bonchev–Trinajstić information content (AvgIpc) is 2.90. The van der Waals surface area contributed by atoms with E-state index in [1.807, 2.05) is 12.4 Å². The second-order valence-corrected chi connectivity index (χ2v) is 6.31. The van der Waals surface area contributed by atoms with E-state index < -0.39 is 0 Å². The van der Waals surface area contributed by atoms with Gasteiger partial charge in [0.15, 0.2) is 0 Å². The summed E-state index contributed by atoms with van der Waals surface area (Å²) < 4.78 is 8.08. The van der Waals surface area contributed by atoms with Crippen molar-refractivity contribution >= 4 is 11.0 Å². The molecule has 120 valence electrons. The molecule has 3 heteroatoms. The molecule has 0 saturated carbocycles. The normalized spacial score (nSPS) is 11.1. The van der Waals surface area contributed by atoms with Crippen LogP contribution in [0, 0.1) is 27.7 Å². The molecule has 0 aliphatic rings. The third kappa shape index (κ3) is 3.39. The van der Waals surface area contributed by atoms with E-state index in [0.717, 1.165) is 24.2 Å². The highest BCUT2D eigenvalue weighted by atomic mass is 16.5. The van der Waals surface area contributed by atoms with E-state index in [2.05, 4.69) is 61.5 Å². The maximum absolute atomic E-state index is 5.86. The lowest BCUT2D eigenvalue weighted by Gasteiger charge is -2.09. The molecule has 0 bridgehead atoms. The molecule has 0 atom stereocenters. The van der Waals surface area contributed by atoms with Crippen molar-refractivity contribution in [3.63, 3.8) is 0 Å². The van der Waals surface area contributed by atoms with Gasteiger partial charge in [-0.2, -0.15) is 0 Å². The van der Waals surface area contributed by atoms with Gasteiger partial charge < -0.3 is 9.30 Å². The molecule has 0 N–H and O–H groups in total. The van der Waals surface area contributed by atoms with E-state index in [0.29, 0.717) is 6.61 Å². The maximum atomic E-state index is 5.86. The molecule has 0 spiro atoms. The van der Waals surface area contributed by atoms with Crippen molar-refractivity contribution in [1.29, 1.82) is 0 Å². The summed E-state index contributed by atoms with van der Waals surface area (Å²) in [5, 5.41) is 0. The van der Waals surface area contributed by atoms with Gasteiger partial charge in [-0.05, 0) is 80.6 Å². The van der Waals surface area contributed by atoms with Crippen molar-refractivity contribution in [2.45, 2.75) is 40.7 Å². The van der Waals surface area contributed by atoms with Gasteiger partial charge in [0.2, 0.25) is 0 Å². The summed E-state index contributed by atoms with van der Waals surface area (Å²) in [6.07, 6.45) is 2.89. The Bertz CT molecular complexity index is 833. The standard InChI is InChI=1S/C20H24N2O/c1-14-6-7-18(10-15(14)2)23-9-5-8-22-13-21-19-11-16(3)17(4)12-20(19)22/h6-7,10-13H,5,8-9H2,1-4H3. The molecule has 0 aliphatic carbocycles. The van der Waals surface area contributed by atoms with E-state index >= 15 is 0 Å². The molecule has 3 nitrogen and oxygen atoms in total. The van der Waals surface area contributed by atoms with Gasteiger partial charge in [-0.15, -0.1) is 0 Å². The van der Waals surface area contributed by atoms with Gasteiger partial charge in [0.25, 0.3) is 0 Å². The number of benzene rings is 2. The highest BCUT2D eigenvalue weighted by Gasteiger charge is 2.05. The Morgan fingerprint density at radius 3 is 2.43 bits per heavy atom. The first kappa shape index (κ1) is 15.6. The van der Waals surface area contributed by atoms with Gasteiger partial charge in [-0.1, -0.05) is 6.07 Å². The van der Waals surface area contributed by atoms with Gasteiger partial charge >= 0.3 is 0 Å². The Morgan fingerprint density at radius 2 is 1.65 bits per heavy atom. The number of aryl methyl sites for hydroxylation is 5. The molecular formula is C20H24N2O. The minimum absolute atomic E-state index is 0.715. The zero-order valence-electron chi connectivity index (χ0n) is 14.4. The largest absolute Gasteiger partial charge is 0.494 e. The second kappa shape index (κ2) is 6.45. The molecule has 3 rings (SSSR count). The number of rotatable bonds is 5. The van der Waals surface area contributed by atoms with Crippen molar-refractivity contribution in [1.82, 2.24) is 9.55 Å². The molecule has 0 saturated heterocycles. The van der Waals surface area contributed by atoms with Crippen LogP contribution in [0.3, 0.4) is 0 Å². The molecule has 1 aromatic heterocycles. The molecule has 0 radical (unpaired) electrons. The summed E-state index contributed by atoms with van der Waals surface area (Å²) in [6.45, 7) is 10.1. The van der Waals surface area contributed by atoms with Gasteiger partial charge in [-0.3, -0.25) is 0 Å². The number of nitrogens with zero attached hydrogens (tertiary/aromatic N) is 2. The molecule has 0 fully saturated rings. The first-order chi connectivity index (χ1) is 11.0. The zero-order chi connectivity index (χ0) is 16.4. The fraction of sp³-hybridized carbons (Fsp3) is 0.350. The summed E-state index contributed by atoms with van der Waals surface area (Å²) in [5.41, 5.74) is 7.45. The number of ether oxygens (including phenoxy) is 1. The van der Waals surface area contributed by atoms with Crippen molar-refractivity contribution < 1.29 is 4.74 Å². The molecule has 1 heterocycles. The SMILES string of the molecule is Cc1ccc(OCCCn2cnc3cc(C)c(C)cc32)cc1C. The highest BCUT2D eigenvalue weighted by molar-refractivity contribution is 5.77. The fourth-order valence-electron chi connectivity index (χ4n) is 2.72. The minimum Gasteiger partial charge on any atom is -0.494 e. The summed E-state index contributed by atoms with van der Waals surface area (Å²) >= 11 is 0. The Labute approximate surface area is 137 Å². The molecule has 23 heavy (non-hydrogen) atoms. The quantitative estimate of drug-likeness (QED) is 0.637. The first-order valence-corrected chi connectivity index (χ1v) is 8.17. The van der Waals surface area contributed by atoms with Gasteiger partial charge in [0.1, 0.15) is 5.75 Å². The topological polar surface area (TPSA) is 27.1 Å². The van der Waals surface area contributed by atoms with Gasteiger partial charge in [0, 0.05) is 6.54 Å². The summed E-state index contributed by atoms with van der Waals surface area (Å²) in [6, 6.07) is 10.6. The van der Waals surface area contributed by atoms with Crippen LogP contribution >= 0.6 is 0 Å². The highest BCUT2D eigenvalue weighted by Crippen LogP contribution is 2.19. The molecule has 3 aromatic rings. The average molecular weight is 308 g/mol. The van der Waals surface area contributed by atoms with Crippen LogP contribution in [0.2, 0.25) is 0 Å². The predicted molar refractivity (Wildman–Crippen MR) is 95.2 cm³/mol. The summed E-state index contributed by atoms with van der Waals surface area (Å²) in [7, 11) is 0. The molecule has 0 amide bonds. The van der Waals surface area contributed by atoms with Crippen LogP contribution in [0.4, 0.5) is 0 Å². The minimum atomic E-state index is 0.715. The number of hydrogen-bond donors (Lipinski definition) is 0. The lowest BCUT2D eigenvalue weighted by atomic mass is 10.1. The Kier molecular flexibility index (Phi) is 4.37. The zero-order valence-corrected chi connectivity index (χ0v) is 14.4. The van der Waals surface area contributed by atoms with Gasteiger partial charge in [-0.25, -0.2) is 4.98 Å². The number of fused-ring (bicyclic) bond motifs is 1. The van der Waals surface area contributed by atoms with E-state index in [-0.39, 0.29) is 0 Å². The van der Waals surface area contributed by atoms with Crippen LogP contribution in [0.5, 0.6) is 5.75 Å². The third-order valence-electron chi connectivity index (χ3n) is 4.53. The monoisotopic (exact) mass is 308 g/mol. The molecule has 0 unspecified atom stereocenters. The van der Waals surface area contributed by atoms with Crippen molar-refractivity contribution in [3.8, 4) is 5.75 Å². The van der Waals surface area contributed by atoms with Crippen LogP contribution in [0.1, 0.15) is 28.7 Å². The van der Waals surface area contributed by atoms with Crippen molar-refractivity contribution in [2.75, 3.05) is 6.61 Å². The predicted octanol–water partition coefficient (Wildman–Crippen LogP) is 4.74. The van der Waals surface area contributed by atoms with Gasteiger partial charge in [0.05, 0.1) is 24.0 Å². The van der Waals surface area contributed by atoms with Crippen LogP contribution in [0.25, 0.3) is 11.0 Å². The maximum Gasteiger partial charge on any atom is 0.119 e. The van der Waals surface area contributed by atoms with Crippen molar-refractivity contribution in [2.24, 2.45) is 0 Å². The summed E-state index contributed by atoms with van der Waals surface area (Å²) in [4.78, 5) is 4.50. The Balaban J connectivity index is 1.60. The third-order valence-corrected chi connectivity index (χ3v) is 4.53. The van der Waals surface area contributed by atoms with E-state index in [1.165, 1.54) is 27.8 Å². The molecular weight excluding hydrogens is 284 g/mol. The van der Waals surface area contributed by atoms with Crippen molar-refractivity contribution in [3.05, 3.63) is 58.9 Å². The number of aromatic nitrogens is 2. The smallest absolute Gasteiger partial charge is 0.119 e. The van der Waals surface area contributed by atoms with E-state index in [1.54, 1.807) is 0 Å². The van der Waals surface area contributed by atoms with Crippen LogP contribution in [0.15, 0.2) is 36.7 Å². The molecule has 2 aromatic carbocycles. The van der Waals surface area contributed by atoms with Crippen LogP contribution in [-0.4, -0.2) is 16.2 Å². The Hall–Kier alpha value is -2.29. The van der Waals surface area contributed by atoms with E-state index in [4.69, 9.17) is 4.74 Å². The molecule has 0 aliphatic heterocycles. The second-order valence-electron chi connectivity index (χ2n) is 6.31. The van der Waals surface area contributed by atoms with Crippen LogP contribution < -0.4 is 4.74 Å². The first-order valence-electron chi connectivity index (χ1n) is 8.17. The number of imidazole rings is 1.